The van der Waals surface area contributed by atoms with E-state index in [4.69, 9.17) is 14.2 Å². The third-order valence-electron chi connectivity index (χ3n) is 9.83. The van der Waals surface area contributed by atoms with Crippen LogP contribution < -0.4 is 0 Å². The van der Waals surface area contributed by atoms with Crippen LogP contribution in [-0.4, -0.2) is 37.2 Å². The fourth-order valence-electron chi connectivity index (χ4n) is 6.24. The summed E-state index contributed by atoms with van der Waals surface area (Å²) in [4.78, 5) is 37.7. The third-order valence-corrected chi connectivity index (χ3v) is 9.83. The lowest BCUT2D eigenvalue weighted by molar-refractivity contribution is -0.167. The number of unbranched alkanes of at least 4 members (excludes halogenated alkanes) is 23. The maximum Gasteiger partial charge on any atom is 0.306 e. The first-order valence-corrected chi connectivity index (χ1v) is 23.3. The van der Waals surface area contributed by atoms with Crippen LogP contribution in [0.4, 0.5) is 0 Å². The molecule has 0 radical (unpaired) electrons. The average Bonchev–Trinajstić information content (AvgIpc) is 3.19. The van der Waals surface area contributed by atoms with Crippen molar-refractivity contribution in [2.45, 2.75) is 226 Å². The molecule has 1 atom stereocenters. The Labute approximate surface area is 345 Å². The van der Waals surface area contributed by atoms with Crippen molar-refractivity contribution >= 4 is 17.9 Å². The maximum absolute atomic E-state index is 12.7. The number of ether oxygens (including phenoxy) is 3. The van der Waals surface area contributed by atoms with E-state index in [1.54, 1.807) is 0 Å². The van der Waals surface area contributed by atoms with Crippen LogP contribution in [-0.2, 0) is 28.6 Å². The van der Waals surface area contributed by atoms with Crippen LogP contribution in [0.15, 0.2) is 60.8 Å². The monoisotopic (exact) mass is 783 g/mol. The highest BCUT2D eigenvalue weighted by Gasteiger charge is 2.19. The second kappa shape index (κ2) is 44.8. The molecule has 0 fully saturated rings. The van der Waals surface area contributed by atoms with Gasteiger partial charge >= 0.3 is 17.9 Å². The van der Waals surface area contributed by atoms with Crippen molar-refractivity contribution < 1.29 is 28.6 Å². The first-order valence-electron chi connectivity index (χ1n) is 23.3. The molecule has 0 aliphatic rings. The first kappa shape index (κ1) is 53.1. The van der Waals surface area contributed by atoms with E-state index in [0.29, 0.717) is 19.3 Å². The van der Waals surface area contributed by atoms with Gasteiger partial charge in [0, 0.05) is 19.3 Å². The Bertz CT molecular complexity index is 1040. The van der Waals surface area contributed by atoms with E-state index in [1.165, 1.54) is 89.9 Å². The molecular weight excluding hydrogens is 697 g/mol. The van der Waals surface area contributed by atoms with E-state index < -0.39 is 6.10 Å². The SMILES string of the molecule is CCCC/C=C\C=C/CCCCCC(=O)OC(COC(=O)CCCCCCC\C=C/C=C\C=C/CCCCCCC)COC(=O)CCCCCCCCCCC. The van der Waals surface area contributed by atoms with Crippen LogP contribution in [0.3, 0.4) is 0 Å². The smallest absolute Gasteiger partial charge is 0.306 e. The number of rotatable bonds is 41. The lowest BCUT2D eigenvalue weighted by Gasteiger charge is -2.18. The van der Waals surface area contributed by atoms with Crippen LogP contribution >= 0.6 is 0 Å². The van der Waals surface area contributed by atoms with Crippen LogP contribution in [0.5, 0.6) is 0 Å². The number of carbonyl (C=O) groups is 3. The summed E-state index contributed by atoms with van der Waals surface area (Å²) < 4.78 is 16.6. The lowest BCUT2D eigenvalue weighted by atomic mass is 10.1. The molecule has 0 aromatic rings. The number of carbonyl (C=O) groups excluding carboxylic acids is 3. The fourth-order valence-corrected chi connectivity index (χ4v) is 6.24. The summed E-state index contributed by atoms with van der Waals surface area (Å²) in [5.74, 6) is -0.946. The molecule has 322 valence electrons. The van der Waals surface area contributed by atoms with Gasteiger partial charge in [-0.1, -0.05) is 197 Å². The summed E-state index contributed by atoms with van der Waals surface area (Å²) in [5, 5.41) is 0. The highest BCUT2D eigenvalue weighted by Crippen LogP contribution is 2.13. The zero-order chi connectivity index (χ0) is 40.8. The molecule has 0 N–H and O–H groups in total. The Hall–Kier alpha value is -2.89. The molecule has 1 unspecified atom stereocenters. The van der Waals surface area contributed by atoms with Gasteiger partial charge in [-0.3, -0.25) is 14.4 Å². The van der Waals surface area contributed by atoms with Gasteiger partial charge < -0.3 is 14.2 Å². The molecule has 0 heterocycles. The van der Waals surface area contributed by atoms with Gasteiger partial charge in [0.2, 0.25) is 0 Å². The zero-order valence-electron chi connectivity index (χ0n) is 36.6. The van der Waals surface area contributed by atoms with Crippen molar-refractivity contribution in [1.82, 2.24) is 0 Å². The van der Waals surface area contributed by atoms with E-state index >= 15 is 0 Å². The Morgan fingerprint density at radius 3 is 1.07 bits per heavy atom. The molecule has 6 heteroatoms. The van der Waals surface area contributed by atoms with Crippen molar-refractivity contribution in [1.29, 1.82) is 0 Å². The van der Waals surface area contributed by atoms with Gasteiger partial charge in [-0.15, -0.1) is 0 Å². The molecular formula is C50H86O6. The largest absolute Gasteiger partial charge is 0.462 e. The maximum atomic E-state index is 12.7. The molecule has 56 heavy (non-hydrogen) atoms. The number of hydrogen-bond donors (Lipinski definition) is 0. The summed E-state index contributed by atoms with van der Waals surface area (Å²) in [6.45, 7) is 6.49. The first-order chi connectivity index (χ1) is 27.5. The Balaban J connectivity index is 4.39. The van der Waals surface area contributed by atoms with E-state index in [9.17, 15) is 14.4 Å². The van der Waals surface area contributed by atoms with Crippen molar-refractivity contribution in [3.63, 3.8) is 0 Å². The van der Waals surface area contributed by atoms with Crippen LogP contribution in [0.2, 0.25) is 0 Å². The van der Waals surface area contributed by atoms with Crippen LogP contribution in [0.25, 0.3) is 0 Å². The van der Waals surface area contributed by atoms with Gasteiger partial charge in [0.1, 0.15) is 13.2 Å². The molecule has 0 amide bonds. The fraction of sp³-hybridized carbons (Fsp3) is 0.740. The van der Waals surface area contributed by atoms with Gasteiger partial charge in [-0.05, 0) is 64.2 Å². The standard InChI is InChI=1S/C50H86O6/c1-4-7-10-13-16-19-21-22-23-24-25-26-27-29-31-34-37-40-43-49(52)55-46-47(45-54-48(51)42-39-36-33-30-18-15-12-9-6-3)56-50(53)44-41-38-35-32-28-20-17-14-11-8-5-2/h14,17,20-26,28,47H,4-13,15-16,18-19,27,29-46H2,1-3H3/b17-14-,22-21-,24-23-,26-25-,28-20-. The summed E-state index contributed by atoms with van der Waals surface area (Å²) in [5.41, 5.74) is 0. The Kier molecular flexibility index (Phi) is 42.5. The van der Waals surface area contributed by atoms with E-state index in [1.807, 2.05) is 0 Å². The molecule has 0 aromatic heterocycles. The topological polar surface area (TPSA) is 78.9 Å². The predicted molar refractivity (Wildman–Crippen MR) is 238 cm³/mol. The van der Waals surface area contributed by atoms with Gasteiger partial charge in [0.15, 0.2) is 6.10 Å². The minimum absolute atomic E-state index is 0.0913. The molecule has 0 saturated heterocycles. The summed E-state index contributed by atoms with van der Waals surface area (Å²) in [7, 11) is 0. The summed E-state index contributed by atoms with van der Waals surface area (Å²) in [6, 6.07) is 0. The second-order valence-corrected chi connectivity index (χ2v) is 15.4. The molecule has 0 bridgehead atoms. The predicted octanol–water partition coefficient (Wildman–Crippen LogP) is 14.9. The summed E-state index contributed by atoms with van der Waals surface area (Å²) >= 11 is 0. The van der Waals surface area contributed by atoms with E-state index in [-0.39, 0.29) is 31.1 Å². The van der Waals surface area contributed by atoms with Crippen molar-refractivity contribution in [2.24, 2.45) is 0 Å². The normalized spacial score (nSPS) is 12.6. The van der Waals surface area contributed by atoms with E-state index in [2.05, 4.69) is 81.5 Å². The minimum Gasteiger partial charge on any atom is -0.462 e. The van der Waals surface area contributed by atoms with Crippen LogP contribution in [0, 0.1) is 0 Å². The quantitative estimate of drug-likeness (QED) is 0.0266. The highest BCUT2D eigenvalue weighted by molar-refractivity contribution is 5.71. The second-order valence-electron chi connectivity index (χ2n) is 15.4. The van der Waals surface area contributed by atoms with Crippen molar-refractivity contribution in [2.75, 3.05) is 13.2 Å². The Morgan fingerprint density at radius 2 is 0.661 bits per heavy atom. The van der Waals surface area contributed by atoms with Crippen molar-refractivity contribution in [3.05, 3.63) is 60.8 Å². The van der Waals surface area contributed by atoms with Gasteiger partial charge in [0.25, 0.3) is 0 Å². The molecule has 0 aliphatic carbocycles. The molecule has 0 spiro atoms. The van der Waals surface area contributed by atoms with Crippen molar-refractivity contribution in [3.8, 4) is 0 Å². The molecule has 0 rings (SSSR count). The number of allylic oxidation sites excluding steroid dienone is 10. The molecule has 6 nitrogen and oxygen atoms in total. The molecule has 0 aromatic carbocycles. The van der Waals surface area contributed by atoms with Crippen LogP contribution in [0.1, 0.15) is 220 Å². The average molecular weight is 783 g/mol. The van der Waals surface area contributed by atoms with E-state index in [0.717, 1.165) is 89.9 Å². The Morgan fingerprint density at radius 1 is 0.357 bits per heavy atom. The third kappa shape index (κ3) is 42.3. The lowest BCUT2D eigenvalue weighted by Crippen LogP contribution is -2.30. The highest BCUT2D eigenvalue weighted by atomic mass is 16.6. The molecule has 0 saturated carbocycles. The van der Waals surface area contributed by atoms with Gasteiger partial charge in [-0.2, -0.15) is 0 Å². The molecule has 0 aliphatic heterocycles. The number of esters is 3. The summed E-state index contributed by atoms with van der Waals surface area (Å²) in [6.07, 6.45) is 53.5. The minimum atomic E-state index is -0.791. The van der Waals surface area contributed by atoms with Gasteiger partial charge in [0.05, 0.1) is 0 Å². The zero-order valence-corrected chi connectivity index (χ0v) is 36.6. The number of hydrogen-bond acceptors (Lipinski definition) is 6. The van der Waals surface area contributed by atoms with Gasteiger partial charge in [-0.25, -0.2) is 0 Å².